The van der Waals surface area contributed by atoms with E-state index in [1.54, 1.807) is 0 Å². The van der Waals surface area contributed by atoms with Crippen LogP contribution in [0.1, 0.15) is 12.5 Å². The van der Waals surface area contributed by atoms with E-state index in [1.807, 2.05) is 0 Å². The third-order valence-electron chi connectivity index (χ3n) is 2.17. The first-order valence-electron chi connectivity index (χ1n) is 4.79. The van der Waals surface area contributed by atoms with Crippen molar-refractivity contribution >= 4 is 34.2 Å². The summed E-state index contributed by atoms with van der Waals surface area (Å²) < 4.78 is 1.28. The molecule has 3 heteroatoms. The summed E-state index contributed by atoms with van der Waals surface area (Å²) in [6, 6.07) is 8.65. The van der Waals surface area contributed by atoms with E-state index in [-0.39, 0.29) is 0 Å². The number of rotatable bonds is 5. The van der Waals surface area contributed by atoms with Crippen LogP contribution in [0.4, 0.5) is 0 Å². The van der Waals surface area contributed by atoms with Crippen LogP contribution in [0.5, 0.6) is 0 Å². The van der Waals surface area contributed by atoms with Crippen molar-refractivity contribution in [3.8, 4) is 0 Å². The molecule has 1 aromatic carbocycles. The van der Waals surface area contributed by atoms with Crippen LogP contribution in [-0.4, -0.2) is 23.9 Å². The van der Waals surface area contributed by atoms with Gasteiger partial charge < -0.3 is 0 Å². The second-order valence-corrected chi connectivity index (χ2v) is 4.81. The van der Waals surface area contributed by atoms with Gasteiger partial charge in [0.2, 0.25) is 0 Å². The van der Waals surface area contributed by atoms with E-state index >= 15 is 0 Å². The van der Waals surface area contributed by atoms with Gasteiger partial charge in [-0.1, -0.05) is 19.1 Å². The Morgan fingerprint density at radius 3 is 2.43 bits per heavy atom. The first-order chi connectivity index (χ1) is 6.76. The van der Waals surface area contributed by atoms with Gasteiger partial charge in [0, 0.05) is 22.5 Å². The highest BCUT2D eigenvalue weighted by Crippen LogP contribution is 2.09. The first kappa shape index (κ1) is 12.3. The Bertz CT molecular complexity index is 260. The van der Waals surface area contributed by atoms with Crippen molar-refractivity contribution in [2.45, 2.75) is 13.5 Å². The van der Waals surface area contributed by atoms with Gasteiger partial charge in [0.1, 0.15) is 0 Å². The Hall–Kier alpha value is 0.200. The fourth-order valence-corrected chi connectivity index (χ4v) is 1.92. The fourth-order valence-electron chi connectivity index (χ4n) is 1.32. The van der Waals surface area contributed by atoms with Crippen molar-refractivity contribution in [1.29, 1.82) is 0 Å². The molecule has 0 aliphatic heterocycles. The molecule has 14 heavy (non-hydrogen) atoms. The van der Waals surface area contributed by atoms with Gasteiger partial charge in [-0.2, -0.15) is 0 Å². The van der Waals surface area contributed by atoms with E-state index in [1.165, 1.54) is 9.13 Å². The molecule has 0 amide bonds. The van der Waals surface area contributed by atoms with Gasteiger partial charge in [-0.25, -0.2) is 0 Å². The van der Waals surface area contributed by atoms with E-state index < -0.39 is 0 Å². The zero-order valence-electron chi connectivity index (χ0n) is 8.34. The Morgan fingerprint density at radius 1 is 1.29 bits per heavy atom. The van der Waals surface area contributed by atoms with E-state index in [0.717, 1.165) is 19.6 Å². The lowest BCUT2D eigenvalue weighted by Crippen LogP contribution is -2.24. The summed E-state index contributed by atoms with van der Waals surface area (Å²) in [5.41, 5.74) is 1.36. The standard InChI is InChI=1S/C11H15ClIN/c1-2-14(8-7-12)9-10-3-5-11(13)6-4-10/h3-6H,2,7-9H2,1H3. The molecular formula is C11H15ClIN. The van der Waals surface area contributed by atoms with Crippen molar-refractivity contribution < 1.29 is 0 Å². The van der Waals surface area contributed by atoms with Crippen molar-refractivity contribution in [2.75, 3.05) is 19.0 Å². The number of hydrogen-bond donors (Lipinski definition) is 0. The predicted octanol–water partition coefficient (Wildman–Crippen LogP) is 3.35. The maximum atomic E-state index is 5.72. The smallest absolute Gasteiger partial charge is 0.0351 e. The number of nitrogens with zero attached hydrogens (tertiary/aromatic N) is 1. The van der Waals surface area contributed by atoms with Gasteiger partial charge in [-0.05, 0) is 46.8 Å². The summed E-state index contributed by atoms with van der Waals surface area (Å²) in [5, 5.41) is 0. The molecule has 0 spiro atoms. The van der Waals surface area contributed by atoms with Gasteiger partial charge in [0.05, 0.1) is 0 Å². The average molecular weight is 324 g/mol. The van der Waals surface area contributed by atoms with Crippen molar-refractivity contribution in [3.05, 3.63) is 33.4 Å². The quantitative estimate of drug-likeness (QED) is 0.593. The van der Waals surface area contributed by atoms with Gasteiger partial charge in [0.15, 0.2) is 0 Å². The maximum Gasteiger partial charge on any atom is 0.0351 e. The monoisotopic (exact) mass is 323 g/mol. The molecule has 1 nitrogen and oxygen atoms in total. The molecule has 0 heterocycles. The van der Waals surface area contributed by atoms with Gasteiger partial charge in [-0.15, -0.1) is 11.6 Å². The lowest BCUT2D eigenvalue weighted by atomic mass is 10.2. The number of benzene rings is 1. The molecule has 0 unspecified atom stereocenters. The summed E-state index contributed by atoms with van der Waals surface area (Å²) in [5.74, 6) is 0.707. The summed E-state index contributed by atoms with van der Waals surface area (Å²) in [6.45, 7) is 5.18. The van der Waals surface area contributed by atoms with Crippen LogP contribution < -0.4 is 0 Å². The molecule has 0 aliphatic rings. The molecule has 78 valence electrons. The number of halogens is 2. The molecule has 0 fully saturated rings. The molecule has 0 bridgehead atoms. The van der Waals surface area contributed by atoms with Crippen LogP contribution in [-0.2, 0) is 6.54 Å². The highest BCUT2D eigenvalue weighted by Gasteiger charge is 2.02. The van der Waals surface area contributed by atoms with Gasteiger partial charge >= 0.3 is 0 Å². The Kier molecular flexibility index (Phi) is 5.82. The molecule has 0 radical (unpaired) electrons. The molecule has 0 atom stereocenters. The van der Waals surface area contributed by atoms with E-state index in [9.17, 15) is 0 Å². The minimum atomic E-state index is 0.707. The molecule has 0 aromatic heterocycles. The van der Waals surface area contributed by atoms with Crippen LogP contribution >= 0.6 is 34.2 Å². The third-order valence-corrected chi connectivity index (χ3v) is 3.06. The van der Waals surface area contributed by atoms with Crippen LogP contribution in [0.15, 0.2) is 24.3 Å². The molecule has 1 aromatic rings. The highest BCUT2D eigenvalue weighted by molar-refractivity contribution is 14.1. The van der Waals surface area contributed by atoms with E-state index in [4.69, 9.17) is 11.6 Å². The Balaban J connectivity index is 2.53. The zero-order valence-corrected chi connectivity index (χ0v) is 11.3. The molecule has 1 rings (SSSR count). The van der Waals surface area contributed by atoms with Crippen molar-refractivity contribution in [1.82, 2.24) is 4.90 Å². The SMILES string of the molecule is CCN(CCCl)Cc1ccc(I)cc1. The topological polar surface area (TPSA) is 3.24 Å². The lowest BCUT2D eigenvalue weighted by Gasteiger charge is -2.18. The fraction of sp³-hybridized carbons (Fsp3) is 0.455. The number of hydrogen-bond acceptors (Lipinski definition) is 1. The average Bonchev–Trinajstić information content (AvgIpc) is 2.20. The van der Waals surface area contributed by atoms with Crippen LogP contribution in [0.3, 0.4) is 0 Å². The van der Waals surface area contributed by atoms with Crippen LogP contribution in [0, 0.1) is 3.57 Å². The van der Waals surface area contributed by atoms with E-state index in [2.05, 4.69) is 58.7 Å². The summed E-state index contributed by atoms with van der Waals surface area (Å²) in [6.07, 6.45) is 0. The predicted molar refractivity (Wildman–Crippen MR) is 70.8 cm³/mol. The highest BCUT2D eigenvalue weighted by atomic mass is 127. The third kappa shape index (κ3) is 4.15. The molecule has 0 saturated heterocycles. The lowest BCUT2D eigenvalue weighted by molar-refractivity contribution is 0.297. The largest absolute Gasteiger partial charge is 0.298 e. The van der Waals surface area contributed by atoms with Crippen molar-refractivity contribution in [2.24, 2.45) is 0 Å². The minimum absolute atomic E-state index is 0.707. The molecule has 0 N–H and O–H groups in total. The minimum Gasteiger partial charge on any atom is -0.298 e. The summed E-state index contributed by atoms with van der Waals surface area (Å²) in [4.78, 5) is 2.34. The van der Waals surface area contributed by atoms with Crippen LogP contribution in [0.2, 0.25) is 0 Å². The molecule has 0 aliphatic carbocycles. The second kappa shape index (κ2) is 6.64. The second-order valence-electron chi connectivity index (χ2n) is 3.18. The van der Waals surface area contributed by atoms with Gasteiger partial charge in [-0.3, -0.25) is 4.90 Å². The molecule has 0 saturated carbocycles. The van der Waals surface area contributed by atoms with Crippen LogP contribution in [0.25, 0.3) is 0 Å². The normalized spacial score (nSPS) is 10.9. The zero-order chi connectivity index (χ0) is 10.4. The first-order valence-corrected chi connectivity index (χ1v) is 6.40. The van der Waals surface area contributed by atoms with Gasteiger partial charge in [0.25, 0.3) is 0 Å². The number of alkyl halides is 1. The Morgan fingerprint density at radius 2 is 1.93 bits per heavy atom. The summed E-state index contributed by atoms with van der Waals surface area (Å²) in [7, 11) is 0. The Labute approximate surface area is 105 Å². The molecular weight excluding hydrogens is 308 g/mol. The maximum absolute atomic E-state index is 5.72. The van der Waals surface area contributed by atoms with Crippen molar-refractivity contribution in [3.63, 3.8) is 0 Å². The van der Waals surface area contributed by atoms with E-state index in [0.29, 0.717) is 5.88 Å². The summed E-state index contributed by atoms with van der Waals surface area (Å²) >= 11 is 8.05.